The van der Waals surface area contributed by atoms with Crippen molar-refractivity contribution in [3.63, 3.8) is 0 Å². The van der Waals surface area contributed by atoms with Gasteiger partial charge in [0, 0.05) is 12.2 Å². The first-order valence-electron chi connectivity index (χ1n) is 13.1. The summed E-state index contributed by atoms with van der Waals surface area (Å²) in [5.41, 5.74) is 11.2. The van der Waals surface area contributed by atoms with Crippen LogP contribution < -0.4 is 11.5 Å². The van der Waals surface area contributed by atoms with Gasteiger partial charge >= 0.3 is 0 Å². The Morgan fingerprint density at radius 2 is 0.969 bits per heavy atom. The van der Waals surface area contributed by atoms with Gasteiger partial charge < -0.3 is 16.4 Å². The molecule has 0 amide bonds. The normalized spacial score (nSPS) is 11.5. The molecule has 7 heteroatoms. The molecule has 1 rings (SSSR count). The second-order valence-electron chi connectivity index (χ2n) is 9.29. The topological polar surface area (TPSA) is 94.0 Å². The van der Waals surface area contributed by atoms with Crippen molar-refractivity contribution >= 4 is 23.7 Å². The van der Waals surface area contributed by atoms with Crippen LogP contribution in [-0.2, 0) is 6.42 Å². The fourth-order valence-corrected chi connectivity index (χ4v) is 4.88. The monoisotopic (exact) mass is 466 g/mol. The van der Waals surface area contributed by atoms with Gasteiger partial charge in [-0.1, -0.05) is 89.9 Å². The van der Waals surface area contributed by atoms with E-state index in [1.165, 1.54) is 115 Å². The van der Waals surface area contributed by atoms with Crippen molar-refractivity contribution < 1.29 is 0 Å². The standard InChI is InChI=1S/C25H50N6S/c1-31(2)20-17-15-13-11-9-7-5-3-4-6-8-10-12-14-16-18-21-32-22-19-23-28-24(26)30-25(27)29-23/h3-22H2,1-2H3,(H4,26,27,28,29,30). The molecule has 0 aromatic carbocycles. The van der Waals surface area contributed by atoms with Crippen molar-refractivity contribution in [3.8, 4) is 0 Å². The number of aromatic nitrogens is 3. The highest BCUT2D eigenvalue weighted by molar-refractivity contribution is 7.99. The van der Waals surface area contributed by atoms with Gasteiger partial charge in [-0.2, -0.15) is 26.7 Å². The van der Waals surface area contributed by atoms with Gasteiger partial charge in [0.2, 0.25) is 11.9 Å². The van der Waals surface area contributed by atoms with Gasteiger partial charge in [0.05, 0.1) is 0 Å². The molecule has 32 heavy (non-hydrogen) atoms. The third-order valence-corrected chi connectivity index (χ3v) is 6.90. The highest BCUT2D eigenvalue weighted by atomic mass is 32.2. The zero-order chi connectivity index (χ0) is 23.3. The Morgan fingerprint density at radius 3 is 1.41 bits per heavy atom. The van der Waals surface area contributed by atoms with Gasteiger partial charge in [0.1, 0.15) is 5.82 Å². The molecule has 0 spiro atoms. The van der Waals surface area contributed by atoms with Gasteiger partial charge in [0.25, 0.3) is 0 Å². The minimum atomic E-state index is 0.217. The van der Waals surface area contributed by atoms with Crippen LogP contribution in [0.3, 0.4) is 0 Å². The van der Waals surface area contributed by atoms with Gasteiger partial charge in [-0.3, -0.25) is 0 Å². The van der Waals surface area contributed by atoms with Crippen LogP contribution >= 0.6 is 11.8 Å². The molecule has 0 radical (unpaired) electrons. The van der Waals surface area contributed by atoms with Gasteiger partial charge in [0.15, 0.2) is 0 Å². The zero-order valence-corrected chi connectivity index (χ0v) is 21.8. The molecule has 0 aliphatic rings. The van der Waals surface area contributed by atoms with Crippen molar-refractivity contribution in [3.05, 3.63) is 5.82 Å². The average molecular weight is 467 g/mol. The van der Waals surface area contributed by atoms with Gasteiger partial charge in [-0.15, -0.1) is 0 Å². The molecular formula is C25H50N6S. The first-order valence-corrected chi connectivity index (χ1v) is 14.2. The van der Waals surface area contributed by atoms with Crippen molar-refractivity contribution in [1.82, 2.24) is 19.9 Å². The number of hydrogen-bond donors (Lipinski definition) is 2. The zero-order valence-electron chi connectivity index (χ0n) is 21.0. The fraction of sp³-hybridized carbons (Fsp3) is 0.880. The number of anilines is 2. The SMILES string of the molecule is CN(C)CCCCCCCCCCCCCCCCCCSCCc1nc(N)nc(N)n1. The minimum Gasteiger partial charge on any atom is -0.368 e. The largest absolute Gasteiger partial charge is 0.368 e. The van der Waals surface area contributed by atoms with Gasteiger partial charge in [-0.25, -0.2) is 0 Å². The summed E-state index contributed by atoms with van der Waals surface area (Å²) in [6.07, 6.45) is 23.4. The van der Waals surface area contributed by atoms with E-state index in [1.54, 1.807) is 0 Å². The summed E-state index contributed by atoms with van der Waals surface area (Å²) in [4.78, 5) is 14.3. The number of nitrogens with two attached hydrogens (primary N) is 2. The average Bonchev–Trinajstić information content (AvgIpc) is 2.74. The third-order valence-electron chi connectivity index (χ3n) is 5.83. The van der Waals surface area contributed by atoms with Crippen LogP contribution in [0.2, 0.25) is 0 Å². The van der Waals surface area contributed by atoms with Crippen LogP contribution in [0, 0.1) is 0 Å². The number of thioether (sulfide) groups is 1. The van der Waals surface area contributed by atoms with E-state index in [9.17, 15) is 0 Å². The lowest BCUT2D eigenvalue weighted by Crippen LogP contribution is -2.12. The second kappa shape index (κ2) is 20.5. The van der Waals surface area contributed by atoms with E-state index in [1.807, 2.05) is 11.8 Å². The van der Waals surface area contributed by atoms with Crippen LogP contribution in [0.1, 0.15) is 109 Å². The second-order valence-corrected chi connectivity index (χ2v) is 10.5. The number of nitrogens with zero attached hydrogens (tertiary/aromatic N) is 4. The first kappa shape index (κ1) is 29.0. The quantitative estimate of drug-likeness (QED) is 0.199. The van der Waals surface area contributed by atoms with Crippen molar-refractivity contribution in [1.29, 1.82) is 0 Å². The molecule has 0 saturated carbocycles. The molecule has 0 atom stereocenters. The summed E-state index contributed by atoms with van der Waals surface area (Å²) >= 11 is 1.96. The Bertz CT molecular complexity index is 535. The lowest BCUT2D eigenvalue weighted by molar-refractivity contribution is 0.389. The molecule has 1 aromatic heterocycles. The predicted octanol–water partition coefficient (Wildman–Crippen LogP) is 6.11. The van der Waals surface area contributed by atoms with Crippen molar-refractivity contribution in [2.75, 3.05) is 43.6 Å². The highest BCUT2D eigenvalue weighted by Crippen LogP contribution is 2.15. The van der Waals surface area contributed by atoms with Crippen LogP contribution in [0.4, 0.5) is 11.9 Å². The molecule has 1 heterocycles. The molecule has 0 unspecified atom stereocenters. The lowest BCUT2D eigenvalue weighted by Gasteiger charge is -2.08. The summed E-state index contributed by atoms with van der Waals surface area (Å²) in [6, 6.07) is 0. The molecule has 0 saturated heterocycles. The number of unbranched alkanes of at least 4 members (excludes halogenated alkanes) is 15. The van der Waals surface area contributed by atoms with E-state index in [0.29, 0.717) is 5.82 Å². The van der Waals surface area contributed by atoms with Crippen LogP contribution in [0.15, 0.2) is 0 Å². The molecule has 0 bridgehead atoms. The summed E-state index contributed by atoms with van der Waals surface area (Å²) in [7, 11) is 4.33. The lowest BCUT2D eigenvalue weighted by atomic mass is 10.0. The van der Waals surface area contributed by atoms with E-state index in [4.69, 9.17) is 11.5 Å². The van der Waals surface area contributed by atoms with Crippen LogP contribution in [-0.4, -0.2) is 52.0 Å². The molecule has 6 nitrogen and oxygen atoms in total. The van der Waals surface area contributed by atoms with E-state index in [0.717, 1.165) is 12.2 Å². The Hall–Kier alpha value is -1.08. The molecule has 0 aliphatic carbocycles. The maximum atomic E-state index is 5.59. The van der Waals surface area contributed by atoms with E-state index in [-0.39, 0.29) is 11.9 Å². The van der Waals surface area contributed by atoms with Crippen LogP contribution in [0.5, 0.6) is 0 Å². The summed E-state index contributed by atoms with van der Waals surface area (Å²) in [5.74, 6) is 3.36. The third kappa shape index (κ3) is 18.5. The minimum absolute atomic E-state index is 0.217. The van der Waals surface area contributed by atoms with Crippen molar-refractivity contribution in [2.45, 2.75) is 109 Å². The Labute approximate surface area is 202 Å². The molecular weight excluding hydrogens is 416 g/mol. The summed E-state index contributed by atoms with van der Waals surface area (Å²) < 4.78 is 0. The van der Waals surface area contributed by atoms with Crippen LogP contribution in [0.25, 0.3) is 0 Å². The number of hydrogen-bond acceptors (Lipinski definition) is 7. The smallest absolute Gasteiger partial charge is 0.225 e. The number of rotatable bonds is 22. The summed E-state index contributed by atoms with van der Waals surface area (Å²) in [5, 5.41) is 0. The number of aryl methyl sites for hydroxylation is 1. The Balaban J connectivity index is 1.72. The maximum Gasteiger partial charge on any atom is 0.225 e. The first-order chi connectivity index (χ1) is 15.6. The van der Waals surface area contributed by atoms with E-state index >= 15 is 0 Å². The number of nitrogen functional groups attached to an aromatic ring is 2. The summed E-state index contributed by atoms with van der Waals surface area (Å²) in [6.45, 7) is 1.25. The van der Waals surface area contributed by atoms with E-state index < -0.39 is 0 Å². The van der Waals surface area contributed by atoms with Gasteiger partial charge in [-0.05, 0) is 39.2 Å². The van der Waals surface area contributed by atoms with E-state index in [2.05, 4.69) is 33.9 Å². The predicted molar refractivity (Wildman–Crippen MR) is 142 cm³/mol. The Kier molecular flexibility index (Phi) is 18.6. The molecule has 0 aliphatic heterocycles. The molecule has 1 aromatic rings. The maximum absolute atomic E-state index is 5.59. The molecule has 0 fully saturated rings. The fourth-order valence-electron chi connectivity index (χ4n) is 3.94. The molecule has 4 N–H and O–H groups in total. The molecule has 186 valence electrons. The Morgan fingerprint density at radius 1 is 0.562 bits per heavy atom. The highest BCUT2D eigenvalue weighted by Gasteiger charge is 2.02. The van der Waals surface area contributed by atoms with Crippen molar-refractivity contribution in [2.24, 2.45) is 0 Å².